The van der Waals surface area contributed by atoms with Crippen LogP contribution in [-0.2, 0) is 4.74 Å². The second-order valence-corrected chi connectivity index (χ2v) is 3.55. The Morgan fingerprint density at radius 3 is 2.55 bits per heavy atom. The Bertz CT molecular complexity index is 526. The van der Waals surface area contributed by atoms with Crippen molar-refractivity contribution in [1.29, 1.82) is 0 Å². The molecule has 0 unspecified atom stereocenters. The van der Waals surface area contributed by atoms with E-state index in [1.165, 1.54) is 0 Å². The van der Waals surface area contributed by atoms with E-state index in [-0.39, 0.29) is 17.9 Å². The van der Waals surface area contributed by atoms with E-state index < -0.39 is 25.1 Å². The third kappa shape index (κ3) is 6.29. The number of nitrogens with one attached hydrogen (secondary N) is 1. The zero-order valence-electron chi connectivity index (χ0n) is 11.3. The van der Waals surface area contributed by atoms with Crippen molar-refractivity contribution in [2.75, 3.05) is 6.61 Å². The molecule has 0 bridgehead atoms. The molecule has 22 heavy (non-hydrogen) atoms. The summed E-state index contributed by atoms with van der Waals surface area (Å²) in [4.78, 5) is 11.0. The fraction of sp³-hybridized carbons (Fsp3) is 0.333. The highest BCUT2D eigenvalue weighted by Gasteiger charge is 2.12. The molecule has 0 aliphatic carbocycles. The summed E-state index contributed by atoms with van der Waals surface area (Å²) in [6.45, 7) is -4.57. The number of amides is 1. The van der Waals surface area contributed by atoms with Gasteiger partial charge in [-0.05, 0) is 19.1 Å². The maximum atomic E-state index is 12.3. The fourth-order valence-corrected chi connectivity index (χ4v) is 1.31. The minimum atomic E-state index is -3.17. The highest BCUT2D eigenvalue weighted by Crippen LogP contribution is 2.26. The van der Waals surface area contributed by atoms with Crippen LogP contribution in [0.2, 0.25) is 0 Å². The van der Waals surface area contributed by atoms with Crippen molar-refractivity contribution in [2.24, 2.45) is 5.10 Å². The lowest BCUT2D eigenvalue weighted by atomic mass is 10.2. The Kier molecular flexibility index (Phi) is 6.93. The van der Waals surface area contributed by atoms with E-state index in [2.05, 4.69) is 19.3 Å². The maximum Gasteiger partial charge on any atom is 0.427 e. The second kappa shape index (κ2) is 8.70. The number of alkyl halides is 4. The summed E-state index contributed by atoms with van der Waals surface area (Å²) >= 11 is 0. The van der Waals surface area contributed by atoms with Crippen LogP contribution in [0.1, 0.15) is 12.5 Å². The van der Waals surface area contributed by atoms with Gasteiger partial charge in [-0.25, -0.2) is 10.2 Å². The standard InChI is InChI=1S/C12H12F4N2O4/c1-2-20-12(19)18-17-6-7-3-4-8(21-10(13)14)5-9(7)22-11(15)16/h3-6,10-11H,2H2,1H3,(H,18,19)/b17-6+. The van der Waals surface area contributed by atoms with E-state index in [0.717, 1.165) is 24.4 Å². The van der Waals surface area contributed by atoms with Gasteiger partial charge >= 0.3 is 19.3 Å². The third-order valence-electron chi connectivity index (χ3n) is 2.06. The van der Waals surface area contributed by atoms with Crippen molar-refractivity contribution in [1.82, 2.24) is 5.43 Å². The van der Waals surface area contributed by atoms with Crippen LogP contribution in [-0.4, -0.2) is 32.1 Å². The summed E-state index contributed by atoms with van der Waals surface area (Å²) < 4.78 is 61.5. The van der Waals surface area contributed by atoms with Crippen LogP contribution in [0.25, 0.3) is 0 Å². The molecule has 122 valence electrons. The quantitative estimate of drug-likeness (QED) is 0.476. The van der Waals surface area contributed by atoms with Crippen LogP contribution >= 0.6 is 0 Å². The van der Waals surface area contributed by atoms with E-state index in [9.17, 15) is 22.4 Å². The zero-order chi connectivity index (χ0) is 16.5. The van der Waals surface area contributed by atoms with Crippen molar-refractivity contribution in [2.45, 2.75) is 20.1 Å². The molecule has 1 rings (SSSR count). The largest absolute Gasteiger partial charge is 0.449 e. The third-order valence-corrected chi connectivity index (χ3v) is 2.06. The molecule has 1 aromatic carbocycles. The average Bonchev–Trinajstić information content (AvgIpc) is 2.40. The minimum Gasteiger partial charge on any atom is -0.449 e. The van der Waals surface area contributed by atoms with Crippen LogP contribution < -0.4 is 14.9 Å². The molecule has 6 nitrogen and oxygen atoms in total. The Morgan fingerprint density at radius 1 is 1.27 bits per heavy atom. The molecule has 0 fully saturated rings. The SMILES string of the molecule is CCOC(=O)N/N=C/c1ccc(OC(F)F)cc1OC(F)F. The number of hydrogen-bond acceptors (Lipinski definition) is 5. The van der Waals surface area contributed by atoms with Gasteiger partial charge in [-0.15, -0.1) is 0 Å². The molecule has 1 N–H and O–H groups in total. The Balaban J connectivity index is 2.87. The summed E-state index contributed by atoms with van der Waals surface area (Å²) in [5, 5.41) is 3.46. The van der Waals surface area contributed by atoms with E-state index in [1.807, 2.05) is 5.43 Å². The summed E-state index contributed by atoms with van der Waals surface area (Å²) in [7, 11) is 0. The molecule has 0 aliphatic rings. The van der Waals surface area contributed by atoms with Gasteiger partial charge in [0.2, 0.25) is 0 Å². The normalized spacial score (nSPS) is 11.0. The van der Waals surface area contributed by atoms with Crippen molar-refractivity contribution < 1.29 is 36.6 Å². The molecule has 10 heteroatoms. The van der Waals surface area contributed by atoms with Crippen LogP contribution in [0, 0.1) is 0 Å². The molecule has 0 radical (unpaired) electrons. The van der Waals surface area contributed by atoms with Gasteiger partial charge in [0.15, 0.2) is 0 Å². The van der Waals surface area contributed by atoms with Crippen molar-refractivity contribution in [3.8, 4) is 11.5 Å². The first-order valence-electron chi connectivity index (χ1n) is 5.92. The predicted octanol–water partition coefficient (Wildman–Crippen LogP) is 2.97. The number of carbonyl (C=O) groups excluding carboxylic acids is 1. The number of hydrazone groups is 1. The number of nitrogens with zero attached hydrogens (tertiary/aromatic N) is 1. The van der Waals surface area contributed by atoms with Crippen LogP contribution in [0.5, 0.6) is 11.5 Å². The molecule has 0 heterocycles. The summed E-state index contributed by atoms with van der Waals surface area (Å²) in [6, 6.07) is 3.12. The van der Waals surface area contributed by atoms with E-state index in [4.69, 9.17) is 0 Å². The van der Waals surface area contributed by atoms with Gasteiger partial charge in [0.1, 0.15) is 11.5 Å². The first-order valence-corrected chi connectivity index (χ1v) is 5.92. The molecule has 0 saturated heterocycles. The molecular formula is C12H12F4N2O4. The highest BCUT2D eigenvalue weighted by molar-refractivity contribution is 5.84. The van der Waals surface area contributed by atoms with Crippen LogP contribution in [0.15, 0.2) is 23.3 Å². The Hall–Kier alpha value is -2.52. The molecule has 1 aromatic rings. The summed E-state index contributed by atoms with van der Waals surface area (Å²) in [5.74, 6) is -0.802. The lowest BCUT2D eigenvalue weighted by Crippen LogP contribution is -2.18. The summed E-state index contributed by atoms with van der Waals surface area (Å²) in [6.07, 6.45) is 0.147. The first kappa shape index (κ1) is 17.5. The van der Waals surface area contributed by atoms with E-state index in [0.29, 0.717) is 0 Å². The van der Waals surface area contributed by atoms with E-state index >= 15 is 0 Å². The molecular weight excluding hydrogens is 312 g/mol. The minimum absolute atomic E-state index is 0.0127. The van der Waals surface area contributed by atoms with Gasteiger partial charge in [0.25, 0.3) is 0 Å². The predicted molar refractivity (Wildman–Crippen MR) is 67.5 cm³/mol. The second-order valence-electron chi connectivity index (χ2n) is 3.55. The van der Waals surface area contributed by atoms with Crippen molar-refractivity contribution in [3.63, 3.8) is 0 Å². The van der Waals surface area contributed by atoms with E-state index in [1.54, 1.807) is 6.92 Å². The zero-order valence-corrected chi connectivity index (χ0v) is 11.3. The number of benzene rings is 1. The average molecular weight is 324 g/mol. The van der Waals surface area contributed by atoms with Gasteiger partial charge < -0.3 is 14.2 Å². The maximum absolute atomic E-state index is 12.3. The molecule has 0 saturated carbocycles. The fourth-order valence-electron chi connectivity index (χ4n) is 1.31. The number of hydrogen-bond donors (Lipinski definition) is 1. The smallest absolute Gasteiger partial charge is 0.427 e. The Morgan fingerprint density at radius 2 is 1.95 bits per heavy atom. The molecule has 0 aliphatic heterocycles. The number of ether oxygens (including phenoxy) is 3. The van der Waals surface area contributed by atoms with Gasteiger partial charge in [-0.3, -0.25) is 0 Å². The molecule has 0 atom stereocenters. The molecule has 0 aromatic heterocycles. The number of halogens is 4. The monoisotopic (exact) mass is 324 g/mol. The van der Waals surface area contributed by atoms with Crippen molar-refractivity contribution in [3.05, 3.63) is 23.8 Å². The van der Waals surface area contributed by atoms with Crippen LogP contribution in [0.3, 0.4) is 0 Å². The van der Waals surface area contributed by atoms with Gasteiger partial charge in [0.05, 0.1) is 12.8 Å². The van der Waals surface area contributed by atoms with Crippen LogP contribution in [0.4, 0.5) is 22.4 Å². The van der Waals surface area contributed by atoms with Gasteiger partial charge in [-0.1, -0.05) is 0 Å². The lowest BCUT2D eigenvalue weighted by Gasteiger charge is -2.10. The summed E-state index contributed by atoms with van der Waals surface area (Å²) in [5.41, 5.74) is 1.99. The lowest BCUT2D eigenvalue weighted by molar-refractivity contribution is -0.0543. The highest BCUT2D eigenvalue weighted by atomic mass is 19.3. The molecule has 1 amide bonds. The number of rotatable bonds is 7. The molecule has 0 spiro atoms. The number of carbonyl (C=O) groups is 1. The first-order chi connectivity index (χ1) is 10.4. The van der Waals surface area contributed by atoms with Gasteiger partial charge in [0, 0.05) is 11.6 Å². The topological polar surface area (TPSA) is 69.2 Å². The Labute approximate surface area is 122 Å². The van der Waals surface area contributed by atoms with Gasteiger partial charge in [-0.2, -0.15) is 22.7 Å². The van der Waals surface area contributed by atoms with Crippen molar-refractivity contribution >= 4 is 12.3 Å².